The number of nitrogens with one attached hydrogen (secondary N) is 1. The second-order valence-electron chi connectivity index (χ2n) is 11.3. The number of hydrogen-bond donors (Lipinski definition) is 1. The number of halogens is 1. The summed E-state index contributed by atoms with van der Waals surface area (Å²) in [6.07, 6.45) is 5.01. The SMILES string of the molecule is COc1ccc(N(C(=O)CN2C(=O)/C(=C/c3c[nH]c4cc(F)ccc34)c3nnc(-c4ccccc4)n3-c3ccccc32)C(C)C)cn1. The number of methoxy groups -OCH3 is 1. The van der Waals surface area contributed by atoms with Gasteiger partial charge in [-0.05, 0) is 56.3 Å². The molecule has 1 N–H and O–H groups in total. The highest BCUT2D eigenvalue weighted by atomic mass is 19.1. The largest absolute Gasteiger partial charge is 0.481 e. The van der Waals surface area contributed by atoms with Crippen LogP contribution in [0, 0.1) is 5.82 Å². The Morgan fingerprint density at radius 3 is 2.45 bits per heavy atom. The first kappa shape index (κ1) is 29.6. The van der Waals surface area contributed by atoms with Gasteiger partial charge in [-0.15, -0.1) is 10.2 Å². The molecular formula is C36H30FN7O3. The summed E-state index contributed by atoms with van der Waals surface area (Å²) in [4.78, 5) is 39.4. The molecule has 4 heterocycles. The van der Waals surface area contributed by atoms with Gasteiger partial charge in [-0.2, -0.15) is 0 Å². The molecule has 0 fully saturated rings. The normalized spacial score (nSPS) is 13.5. The van der Waals surface area contributed by atoms with Gasteiger partial charge in [0.15, 0.2) is 11.6 Å². The van der Waals surface area contributed by atoms with Gasteiger partial charge in [0, 0.05) is 40.3 Å². The fourth-order valence-electron chi connectivity index (χ4n) is 5.95. The lowest BCUT2D eigenvalue weighted by Gasteiger charge is -2.30. The molecule has 47 heavy (non-hydrogen) atoms. The fourth-order valence-corrected chi connectivity index (χ4v) is 5.95. The summed E-state index contributed by atoms with van der Waals surface area (Å²) in [7, 11) is 1.53. The maximum atomic E-state index is 14.8. The number of nitrogens with zero attached hydrogens (tertiary/aromatic N) is 6. The van der Waals surface area contributed by atoms with Crippen molar-refractivity contribution in [2.24, 2.45) is 0 Å². The van der Waals surface area contributed by atoms with E-state index in [1.54, 1.807) is 41.6 Å². The summed E-state index contributed by atoms with van der Waals surface area (Å²) >= 11 is 0. The van der Waals surface area contributed by atoms with Gasteiger partial charge in [-0.3, -0.25) is 19.1 Å². The van der Waals surface area contributed by atoms with Crippen molar-refractivity contribution in [1.29, 1.82) is 0 Å². The summed E-state index contributed by atoms with van der Waals surface area (Å²) in [5, 5.41) is 9.82. The monoisotopic (exact) mass is 627 g/mol. The van der Waals surface area contributed by atoms with Crippen LogP contribution < -0.4 is 14.5 Å². The Balaban J connectivity index is 1.40. The third-order valence-corrected chi connectivity index (χ3v) is 8.09. The molecule has 11 heteroatoms. The molecule has 3 aromatic heterocycles. The molecule has 0 radical (unpaired) electrons. The molecule has 234 valence electrons. The zero-order chi connectivity index (χ0) is 32.7. The van der Waals surface area contributed by atoms with Crippen LogP contribution in [0.25, 0.3) is 39.6 Å². The Morgan fingerprint density at radius 1 is 0.979 bits per heavy atom. The number of aromatic amines is 1. The van der Waals surface area contributed by atoms with E-state index < -0.39 is 5.91 Å². The van der Waals surface area contributed by atoms with Crippen LogP contribution in [-0.4, -0.2) is 56.2 Å². The number of hydrogen-bond acceptors (Lipinski definition) is 6. The van der Waals surface area contributed by atoms with Crippen LogP contribution >= 0.6 is 0 Å². The molecule has 0 spiro atoms. The van der Waals surface area contributed by atoms with Crippen molar-refractivity contribution in [2.45, 2.75) is 19.9 Å². The van der Waals surface area contributed by atoms with Crippen molar-refractivity contribution in [3.8, 4) is 23.0 Å². The lowest BCUT2D eigenvalue weighted by atomic mass is 10.1. The number of pyridine rings is 1. The van der Waals surface area contributed by atoms with Crippen molar-refractivity contribution in [2.75, 3.05) is 23.5 Å². The fraction of sp³-hybridized carbons (Fsp3) is 0.139. The molecule has 7 rings (SSSR count). The standard InChI is InChI=1S/C36H30FN7O3/c1-22(2)43(26-14-16-32(47-3)39-20-26)33(45)21-42-30-11-7-8-12-31(30)44-34(23-9-5-4-6-10-23)40-41-35(44)28(36(42)46)17-24-19-38-29-18-25(37)13-15-27(24)29/h4-20,22,38H,21H2,1-3H3/b28-17+. The average molecular weight is 628 g/mol. The van der Waals surface area contributed by atoms with Crippen LogP contribution in [0.1, 0.15) is 25.2 Å². The quantitative estimate of drug-likeness (QED) is 0.209. The lowest BCUT2D eigenvalue weighted by Crippen LogP contribution is -2.46. The number of benzene rings is 3. The number of ether oxygens (including phenoxy) is 1. The molecule has 1 aliphatic rings. The minimum absolute atomic E-state index is 0.219. The van der Waals surface area contributed by atoms with Gasteiger partial charge >= 0.3 is 0 Å². The van der Waals surface area contributed by atoms with E-state index in [1.807, 2.05) is 73.0 Å². The Morgan fingerprint density at radius 2 is 1.72 bits per heavy atom. The van der Waals surface area contributed by atoms with Gasteiger partial charge in [0.2, 0.25) is 11.8 Å². The third kappa shape index (κ3) is 5.31. The van der Waals surface area contributed by atoms with Crippen LogP contribution in [0.3, 0.4) is 0 Å². The topological polar surface area (TPSA) is 109 Å². The molecule has 0 aliphatic carbocycles. The Bertz CT molecular complexity index is 2150. The van der Waals surface area contributed by atoms with Crippen molar-refractivity contribution in [3.05, 3.63) is 115 Å². The summed E-state index contributed by atoms with van der Waals surface area (Å²) in [6, 6.07) is 24.6. The van der Waals surface area contributed by atoms with Crippen molar-refractivity contribution in [1.82, 2.24) is 24.7 Å². The average Bonchev–Trinajstić information content (AvgIpc) is 3.68. The van der Waals surface area contributed by atoms with Gasteiger partial charge in [0.05, 0.1) is 35.9 Å². The molecule has 1 aliphatic heterocycles. The summed E-state index contributed by atoms with van der Waals surface area (Å²) in [5.74, 6) is 0.149. The van der Waals surface area contributed by atoms with Crippen molar-refractivity contribution < 1.29 is 18.7 Å². The molecule has 2 amide bonds. The predicted molar refractivity (Wildman–Crippen MR) is 179 cm³/mol. The van der Waals surface area contributed by atoms with E-state index in [9.17, 15) is 14.0 Å². The van der Waals surface area contributed by atoms with Gasteiger partial charge in [0.1, 0.15) is 12.4 Å². The minimum Gasteiger partial charge on any atom is -0.481 e. The van der Waals surface area contributed by atoms with Crippen LogP contribution in [0.2, 0.25) is 0 Å². The lowest BCUT2D eigenvalue weighted by molar-refractivity contribution is -0.120. The molecule has 0 atom stereocenters. The molecular weight excluding hydrogens is 597 g/mol. The Labute approximate surface area is 269 Å². The number of para-hydroxylation sites is 2. The predicted octanol–water partition coefficient (Wildman–Crippen LogP) is 6.29. The number of amides is 2. The van der Waals surface area contributed by atoms with Crippen LogP contribution in [0.5, 0.6) is 5.88 Å². The van der Waals surface area contributed by atoms with E-state index in [4.69, 9.17) is 4.74 Å². The smallest absolute Gasteiger partial charge is 0.262 e. The van der Waals surface area contributed by atoms with Crippen molar-refractivity contribution >= 4 is 45.7 Å². The molecule has 10 nitrogen and oxygen atoms in total. The first-order valence-electron chi connectivity index (χ1n) is 15.1. The first-order valence-corrected chi connectivity index (χ1v) is 15.1. The molecule has 6 aromatic rings. The zero-order valence-corrected chi connectivity index (χ0v) is 25.9. The van der Waals surface area contributed by atoms with E-state index in [-0.39, 0.29) is 29.9 Å². The van der Waals surface area contributed by atoms with E-state index in [0.717, 1.165) is 10.9 Å². The first-order chi connectivity index (χ1) is 22.8. The summed E-state index contributed by atoms with van der Waals surface area (Å²) in [5.41, 5.74) is 4.00. The van der Waals surface area contributed by atoms with E-state index in [0.29, 0.717) is 45.7 Å². The molecule has 0 saturated carbocycles. The highest BCUT2D eigenvalue weighted by molar-refractivity contribution is 6.32. The number of fused-ring (bicyclic) bond motifs is 4. The maximum absolute atomic E-state index is 14.8. The van der Waals surface area contributed by atoms with Crippen LogP contribution in [-0.2, 0) is 9.59 Å². The zero-order valence-electron chi connectivity index (χ0n) is 25.9. The highest BCUT2D eigenvalue weighted by Crippen LogP contribution is 2.38. The third-order valence-electron chi connectivity index (χ3n) is 8.09. The second kappa shape index (κ2) is 12.0. The number of carbonyl (C=O) groups excluding carboxylic acids is 2. The summed E-state index contributed by atoms with van der Waals surface area (Å²) < 4.78 is 21.1. The Kier molecular flexibility index (Phi) is 7.56. The minimum atomic E-state index is -0.440. The Hall–Kier alpha value is -6.10. The molecule has 0 bridgehead atoms. The van der Waals surface area contributed by atoms with E-state index >= 15 is 0 Å². The highest BCUT2D eigenvalue weighted by Gasteiger charge is 2.36. The van der Waals surface area contributed by atoms with Gasteiger partial charge in [0.25, 0.3) is 5.91 Å². The molecule has 0 saturated heterocycles. The van der Waals surface area contributed by atoms with E-state index in [1.165, 1.54) is 24.1 Å². The van der Waals surface area contributed by atoms with Gasteiger partial charge in [-0.1, -0.05) is 42.5 Å². The molecule has 3 aromatic carbocycles. The number of carbonyl (C=O) groups is 2. The number of aromatic nitrogens is 5. The number of rotatable bonds is 7. The van der Waals surface area contributed by atoms with Crippen LogP contribution in [0.4, 0.5) is 15.8 Å². The van der Waals surface area contributed by atoms with Gasteiger partial charge < -0.3 is 14.6 Å². The molecule has 0 unspecified atom stereocenters. The number of H-pyrrole nitrogens is 1. The van der Waals surface area contributed by atoms with Gasteiger partial charge in [-0.25, -0.2) is 9.37 Å². The van der Waals surface area contributed by atoms with Crippen molar-refractivity contribution in [3.63, 3.8) is 0 Å². The second-order valence-corrected chi connectivity index (χ2v) is 11.3. The van der Waals surface area contributed by atoms with E-state index in [2.05, 4.69) is 20.2 Å². The summed E-state index contributed by atoms with van der Waals surface area (Å²) in [6.45, 7) is 3.54. The maximum Gasteiger partial charge on any atom is 0.262 e. The number of anilines is 2. The van der Waals surface area contributed by atoms with Crippen LogP contribution in [0.15, 0.2) is 97.3 Å².